The van der Waals surface area contributed by atoms with E-state index in [1.165, 1.54) is 4.57 Å². The summed E-state index contributed by atoms with van der Waals surface area (Å²) in [5.74, 6) is -0.168. The van der Waals surface area contributed by atoms with E-state index in [2.05, 4.69) is 9.97 Å². The second-order valence-electron chi connectivity index (χ2n) is 3.91. The van der Waals surface area contributed by atoms with E-state index >= 15 is 0 Å². The molecule has 0 spiro atoms. The topological polar surface area (TPSA) is 86.9 Å². The average Bonchev–Trinajstić information content (AvgIpc) is 2.65. The number of rotatable bonds is 1. The molecule has 0 saturated carbocycles. The molecule has 1 aromatic carbocycles. The average molecular weight is 242 g/mol. The number of oxazole rings is 1. The summed E-state index contributed by atoms with van der Waals surface area (Å²) in [7, 11) is 1.66. The Bertz CT molecular complexity index is 788. The van der Waals surface area contributed by atoms with Crippen LogP contribution in [0.2, 0.25) is 0 Å². The molecule has 0 saturated heterocycles. The Kier molecular flexibility index (Phi) is 2.16. The minimum Gasteiger partial charge on any atom is -0.408 e. The van der Waals surface area contributed by atoms with Gasteiger partial charge in [0.05, 0.1) is 11.2 Å². The van der Waals surface area contributed by atoms with E-state index in [0.717, 1.165) is 11.1 Å². The number of nitrogens with two attached hydrogens (primary N) is 1. The highest BCUT2D eigenvalue weighted by molar-refractivity contribution is 5.79. The fourth-order valence-electron chi connectivity index (χ4n) is 1.82. The molecule has 3 aromatic rings. The highest BCUT2D eigenvalue weighted by atomic mass is 16.4. The molecule has 0 bridgehead atoms. The van der Waals surface area contributed by atoms with Crippen LogP contribution in [-0.4, -0.2) is 14.5 Å². The molecular weight excluding hydrogens is 232 g/mol. The molecular formula is C12H10N4O2. The van der Waals surface area contributed by atoms with E-state index in [-0.39, 0.29) is 11.7 Å². The van der Waals surface area contributed by atoms with E-state index in [4.69, 9.17) is 10.2 Å². The SMILES string of the molecule is Cn1c(=O)oc2ccc(-c3ccnc(N)n3)cc21. The van der Waals surface area contributed by atoms with Crippen LogP contribution in [-0.2, 0) is 7.05 Å². The fraction of sp³-hybridized carbons (Fsp3) is 0.0833. The summed E-state index contributed by atoms with van der Waals surface area (Å²) in [6.45, 7) is 0. The second kappa shape index (κ2) is 3.69. The number of benzene rings is 1. The predicted molar refractivity (Wildman–Crippen MR) is 66.9 cm³/mol. The van der Waals surface area contributed by atoms with Gasteiger partial charge in [0.25, 0.3) is 0 Å². The van der Waals surface area contributed by atoms with E-state index in [0.29, 0.717) is 11.3 Å². The molecule has 3 rings (SSSR count). The van der Waals surface area contributed by atoms with Crippen LogP contribution >= 0.6 is 0 Å². The molecule has 0 unspecified atom stereocenters. The van der Waals surface area contributed by atoms with Gasteiger partial charge in [0.1, 0.15) is 0 Å². The summed E-state index contributed by atoms with van der Waals surface area (Å²) in [6.07, 6.45) is 1.59. The first-order chi connectivity index (χ1) is 8.65. The maximum absolute atomic E-state index is 11.4. The van der Waals surface area contributed by atoms with Gasteiger partial charge in [-0.3, -0.25) is 4.57 Å². The Labute approximate surface area is 102 Å². The van der Waals surface area contributed by atoms with Gasteiger partial charge < -0.3 is 10.2 Å². The Morgan fingerprint density at radius 3 is 2.94 bits per heavy atom. The van der Waals surface area contributed by atoms with E-state index < -0.39 is 0 Å². The third kappa shape index (κ3) is 1.55. The van der Waals surface area contributed by atoms with Crippen molar-refractivity contribution in [3.63, 3.8) is 0 Å². The second-order valence-corrected chi connectivity index (χ2v) is 3.91. The van der Waals surface area contributed by atoms with Crippen molar-refractivity contribution in [2.24, 2.45) is 7.05 Å². The van der Waals surface area contributed by atoms with Crippen LogP contribution in [0.25, 0.3) is 22.4 Å². The standard InChI is InChI=1S/C12H10N4O2/c1-16-9-6-7(2-3-10(9)18-12(16)17)8-4-5-14-11(13)15-8/h2-6H,1H3,(H2,13,14,15). The largest absolute Gasteiger partial charge is 0.419 e. The van der Waals surface area contributed by atoms with Gasteiger partial charge in [0, 0.05) is 18.8 Å². The van der Waals surface area contributed by atoms with Crippen molar-refractivity contribution < 1.29 is 4.42 Å². The molecule has 0 radical (unpaired) electrons. The first-order valence-electron chi connectivity index (χ1n) is 5.33. The number of nitrogens with zero attached hydrogens (tertiary/aromatic N) is 3. The minimum absolute atomic E-state index is 0.216. The summed E-state index contributed by atoms with van der Waals surface area (Å²) < 4.78 is 6.51. The fourth-order valence-corrected chi connectivity index (χ4v) is 1.82. The summed E-state index contributed by atoms with van der Waals surface area (Å²) >= 11 is 0. The van der Waals surface area contributed by atoms with Crippen LogP contribution in [0.15, 0.2) is 39.7 Å². The van der Waals surface area contributed by atoms with Gasteiger partial charge >= 0.3 is 5.76 Å². The van der Waals surface area contributed by atoms with Gasteiger partial charge in [-0.25, -0.2) is 14.8 Å². The molecule has 0 aliphatic heterocycles. The minimum atomic E-state index is -0.385. The van der Waals surface area contributed by atoms with Crippen molar-refractivity contribution in [1.29, 1.82) is 0 Å². The van der Waals surface area contributed by atoms with Gasteiger partial charge in [-0.2, -0.15) is 0 Å². The quantitative estimate of drug-likeness (QED) is 0.692. The van der Waals surface area contributed by atoms with Gasteiger partial charge in [0.15, 0.2) is 5.58 Å². The van der Waals surface area contributed by atoms with Crippen LogP contribution in [0.5, 0.6) is 0 Å². The number of hydrogen-bond donors (Lipinski definition) is 1. The molecule has 6 nitrogen and oxygen atoms in total. The van der Waals surface area contributed by atoms with E-state index in [1.807, 2.05) is 12.1 Å². The zero-order valence-corrected chi connectivity index (χ0v) is 9.62. The van der Waals surface area contributed by atoms with Crippen molar-refractivity contribution in [2.75, 3.05) is 5.73 Å². The maximum Gasteiger partial charge on any atom is 0.419 e. The Morgan fingerprint density at radius 1 is 1.33 bits per heavy atom. The summed E-state index contributed by atoms with van der Waals surface area (Å²) in [5, 5.41) is 0. The zero-order valence-electron chi connectivity index (χ0n) is 9.62. The number of hydrogen-bond acceptors (Lipinski definition) is 5. The molecule has 18 heavy (non-hydrogen) atoms. The van der Waals surface area contributed by atoms with Gasteiger partial charge in [-0.1, -0.05) is 0 Å². The third-order valence-electron chi connectivity index (χ3n) is 2.76. The molecule has 2 N–H and O–H groups in total. The van der Waals surface area contributed by atoms with Crippen LogP contribution in [0.3, 0.4) is 0 Å². The smallest absolute Gasteiger partial charge is 0.408 e. The molecule has 0 fully saturated rings. The Morgan fingerprint density at radius 2 is 2.17 bits per heavy atom. The normalized spacial score (nSPS) is 10.9. The van der Waals surface area contributed by atoms with Crippen LogP contribution < -0.4 is 11.5 Å². The molecule has 0 atom stereocenters. The van der Waals surface area contributed by atoms with Crippen molar-refractivity contribution in [1.82, 2.24) is 14.5 Å². The third-order valence-corrected chi connectivity index (χ3v) is 2.76. The monoisotopic (exact) mass is 242 g/mol. The van der Waals surface area contributed by atoms with Gasteiger partial charge in [0.2, 0.25) is 5.95 Å². The van der Waals surface area contributed by atoms with Crippen LogP contribution in [0.1, 0.15) is 0 Å². The van der Waals surface area contributed by atoms with Crippen molar-refractivity contribution in [3.8, 4) is 11.3 Å². The van der Waals surface area contributed by atoms with E-state index in [1.54, 1.807) is 25.4 Å². The molecule has 0 amide bonds. The molecule has 0 aliphatic carbocycles. The first-order valence-corrected chi connectivity index (χ1v) is 5.33. The number of aryl methyl sites for hydroxylation is 1. The number of nitrogen functional groups attached to an aromatic ring is 1. The molecule has 90 valence electrons. The van der Waals surface area contributed by atoms with Crippen LogP contribution in [0.4, 0.5) is 5.95 Å². The summed E-state index contributed by atoms with van der Waals surface area (Å²) in [5.41, 5.74) is 8.37. The molecule has 2 heterocycles. The van der Waals surface area contributed by atoms with Crippen molar-refractivity contribution in [2.45, 2.75) is 0 Å². The summed E-state index contributed by atoms with van der Waals surface area (Å²) in [4.78, 5) is 19.4. The highest BCUT2D eigenvalue weighted by Crippen LogP contribution is 2.22. The lowest BCUT2D eigenvalue weighted by Gasteiger charge is -2.01. The van der Waals surface area contributed by atoms with Gasteiger partial charge in [-0.15, -0.1) is 0 Å². The highest BCUT2D eigenvalue weighted by Gasteiger charge is 2.08. The Hall–Kier alpha value is -2.63. The first kappa shape index (κ1) is 10.5. The molecule has 0 aliphatic rings. The Balaban J connectivity index is 2.25. The van der Waals surface area contributed by atoms with Crippen molar-refractivity contribution >= 4 is 17.0 Å². The maximum atomic E-state index is 11.4. The number of anilines is 1. The number of fused-ring (bicyclic) bond motifs is 1. The zero-order chi connectivity index (χ0) is 12.7. The van der Waals surface area contributed by atoms with Gasteiger partial charge in [-0.05, 0) is 24.3 Å². The lowest BCUT2D eigenvalue weighted by molar-refractivity contribution is 0.528. The number of aromatic nitrogens is 3. The summed E-state index contributed by atoms with van der Waals surface area (Å²) in [6, 6.07) is 7.16. The lowest BCUT2D eigenvalue weighted by Crippen LogP contribution is -2.08. The van der Waals surface area contributed by atoms with Crippen LogP contribution in [0, 0.1) is 0 Å². The predicted octanol–water partition coefficient (Wildman–Crippen LogP) is 1.17. The lowest BCUT2D eigenvalue weighted by atomic mass is 10.1. The van der Waals surface area contributed by atoms with Crippen molar-refractivity contribution in [3.05, 3.63) is 41.0 Å². The van der Waals surface area contributed by atoms with E-state index in [9.17, 15) is 4.79 Å². The molecule has 6 heteroatoms. The molecule has 2 aromatic heterocycles.